The molecule has 2 fully saturated rings. The van der Waals surface area contributed by atoms with E-state index in [1.807, 2.05) is 0 Å². The summed E-state index contributed by atoms with van der Waals surface area (Å²) in [5, 5.41) is 14.3. The summed E-state index contributed by atoms with van der Waals surface area (Å²) in [6, 6.07) is 0. The van der Waals surface area contributed by atoms with E-state index >= 15 is 0 Å². The van der Waals surface area contributed by atoms with Crippen LogP contribution in [0.4, 0.5) is 0 Å². The van der Waals surface area contributed by atoms with Crippen LogP contribution >= 0.6 is 0 Å². The monoisotopic (exact) mass is 295 g/mol. The van der Waals surface area contributed by atoms with Crippen molar-refractivity contribution in [1.82, 2.24) is 5.32 Å². The van der Waals surface area contributed by atoms with Gasteiger partial charge >= 0.3 is 0 Å². The number of rotatable bonds is 4. The molecule has 2 heteroatoms. The lowest BCUT2D eigenvalue weighted by Crippen LogP contribution is -2.42. The van der Waals surface area contributed by atoms with Gasteiger partial charge < -0.3 is 10.4 Å². The molecule has 0 aromatic heterocycles. The molecule has 0 saturated heterocycles. The van der Waals surface area contributed by atoms with Crippen molar-refractivity contribution in [3.05, 3.63) is 0 Å². The average Bonchev–Trinajstić information content (AvgIpc) is 2.63. The Morgan fingerprint density at radius 3 is 2.05 bits per heavy atom. The van der Waals surface area contributed by atoms with Gasteiger partial charge in [0, 0.05) is 6.54 Å². The molecule has 2 rings (SSSR count). The maximum absolute atomic E-state index is 10.7. The molecule has 0 aliphatic heterocycles. The molecule has 0 bridgehead atoms. The highest BCUT2D eigenvalue weighted by Crippen LogP contribution is 2.39. The highest BCUT2D eigenvalue weighted by Gasteiger charge is 2.31. The smallest absolute Gasteiger partial charge is 0.0771 e. The Bertz CT molecular complexity index is 291. The molecule has 0 spiro atoms. The molecule has 0 aromatic rings. The Morgan fingerprint density at radius 2 is 1.52 bits per heavy atom. The third kappa shape index (κ3) is 5.56. The van der Waals surface area contributed by atoms with E-state index in [2.05, 4.69) is 26.1 Å². The van der Waals surface area contributed by atoms with Gasteiger partial charge in [0.2, 0.25) is 0 Å². The van der Waals surface area contributed by atoms with E-state index in [0.717, 1.165) is 37.8 Å². The first-order chi connectivity index (χ1) is 9.89. The van der Waals surface area contributed by atoms with Crippen molar-refractivity contribution < 1.29 is 5.11 Å². The van der Waals surface area contributed by atoms with Crippen LogP contribution in [0.3, 0.4) is 0 Å². The number of hydrogen-bond acceptors (Lipinski definition) is 2. The highest BCUT2D eigenvalue weighted by atomic mass is 16.3. The molecule has 0 unspecified atom stereocenters. The minimum Gasteiger partial charge on any atom is -0.389 e. The summed E-state index contributed by atoms with van der Waals surface area (Å²) >= 11 is 0. The first-order valence-corrected chi connectivity index (χ1v) is 9.32. The molecule has 0 atom stereocenters. The lowest BCUT2D eigenvalue weighted by atomic mass is 9.70. The number of aliphatic hydroxyl groups is 1. The fraction of sp³-hybridized carbons (Fsp3) is 1.00. The number of nitrogens with one attached hydrogen (secondary N) is 1. The molecule has 0 aromatic carbocycles. The molecule has 2 aliphatic carbocycles. The minimum absolute atomic E-state index is 0.418. The van der Waals surface area contributed by atoms with Gasteiger partial charge in [0.05, 0.1) is 5.60 Å². The molecule has 21 heavy (non-hydrogen) atoms. The maximum Gasteiger partial charge on any atom is 0.0771 e. The van der Waals surface area contributed by atoms with Gasteiger partial charge in [-0.05, 0) is 62.3 Å². The summed E-state index contributed by atoms with van der Waals surface area (Å²) < 4.78 is 0. The third-order valence-corrected chi connectivity index (χ3v) is 5.99. The molecule has 0 amide bonds. The third-order valence-electron chi connectivity index (χ3n) is 5.99. The van der Waals surface area contributed by atoms with Crippen molar-refractivity contribution in [2.75, 3.05) is 13.1 Å². The largest absolute Gasteiger partial charge is 0.389 e. The van der Waals surface area contributed by atoms with Crippen molar-refractivity contribution in [3.8, 4) is 0 Å². The summed E-state index contributed by atoms with van der Waals surface area (Å²) in [7, 11) is 0. The van der Waals surface area contributed by atoms with Gasteiger partial charge in [0.25, 0.3) is 0 Å². The zero-order valence-electron chi connectivity index (χ0n) is 14.6. The normalized spacial score (nSPS) is 30.9. The summed E-state index contributed by atoms with van der Waals surface area (Å²) in [5.74, 6) is 1.73. The van der Waals surface area contributed by atoms with Crippen LogP contribution in [0.5, 0.6) is 0 Å². The first kappa shape index (κ1) is 17.3. The van der Waals surface area contributed by atoms with E-state index in [0.29, 0.717) is 5.41 Å². The van der Waals surface area contributed by atoms with Gasteiger partial charge in [-0.15, -0.1) is 0 Å². The predicted octanol–water partition coefficient (Wildman–Crippen LogP) is 4.51. The summed E-state index contributed by atoms with van der Waals surface area (Å²) in [6.45, 7) is 9.08. The van der Waals surface area contributed by atoms with Crippen molar-refractivity contribution in [2.24, 2.45) is 17.3 Å². The zero-order chi connectivity index (χ0) is 15.3. The van der Waals surface area contributed by atoms with Crippen molar-refractivity contribution in [3.63, 3.8) is 0 Å². The average molecular weight is 296 g/mol. The fourth-order valence-electron chi connectivity index (χ4n) is 4.31. The molecule has 2 nitrogen and oxygen atoms in total. The maximum atomic E-state index is 10.7. The van der Waals surface area contributed by atoms with Gasteiger partial charge in [-0.1, -0.05) is 46.5 Å². The van der Waals surface area contributed by atoms with Gasteiger partial charge in [-0.25, -0.2) is 0 Å². The second-order valence-corrected chi connectivity index (χ2v) is 8.85. The van der Waals surface area contributed by atoms with Gasteiger partial charge in [0.15, 0.2) is 0 Å². The topological polar surface area (TPSA) is 32.3 Å². The van der Waals surface area contributed by atoms with Crippen LogP contribution in [0.15, 0.2) is 0 Å². The summed E-state index contributed by atoms with van der Waals surface area (Å²) in [6.07, 6.45) is 12.5. The Kier molecular flexibility index (Phi) is 6.14. The molecular weight excluding hydrogens is 258 g/mol. The van der Waals surface area contributed by atoms with Gasteiger partial charge in [-0.2, -0.15) is 0 Å². The van der Waals surface area contributed by atoms with E-state index in [1.54, 1.807) is 0 Å². The van der Waals surface area contributed by atoms with Gasteiger partial charge in [-0.3, -0.25) is 0 Å². The SMILES string of the molecule is CC(C)(C)C1CCC(CNCC2(O)CCCCCC2)CC1. The van der Waals surface area contributed by atoms with Crippen molar-refractivity contribution in [2.45, 2.75) is 90.6 Å². The van der Waals surface area contributed by atoms with Crippen LogP contribution < -0.4 is 5.32 Å². The summed E-state index contributed by atoms with van der Waals surface area (Å²) in [4.78, 5) is 0. The Morgan fingerprint density at radius 1 is 0.952 bits per heavy atom. The van der Waals surface area contributed by atoms with E-state index in [-0.39, 0.29) is 0 Å². The highest BCUT2D eigenvalue weighted by molar-refractivity contribution is 4.85. The molecule has 2 aliphatic rings. The Balaban J connectivity index is 1.65. The van der Waals surface area contributed by atoms with Crippen LogP contribution in [0, 0.1) is 17.3 Å². The van der Waals surface area contributed by atoms with Crippen LogP contribution in [0.25, 0.3) is 0 Å². The van der Waals surface area contributed by atoms with Crippen molar-refractivity contribution in [1.29, 1.82) is 0 Å². The quantitative estimate of drug-likeness (QED) is 0.748. The molecule has 0 radical (unpaired) electrons. The van der Waals surface area contributed by atoms with E-state index in [9.17, 15) is 5.11 Å². The Hall–Kier alpha value is -0.0800. The van der Waals surface area contributed by atoms with E-state index in [4.69, 9.17) is 0 Å². The minimum atomic E-state index is -0.418. The Labute approximate surface area is 132 Å². The molecular formula is C19H37NO. The van der Waals surface area contributed by atoms with E-state index < -0.39 is 5.60 Å². The molecule has 2 saturated carbocycles. The van der Waals surface area contributed by atoms with Gasteiger partial charge in [0.1, 0.15) is 0 Å². The standard InChI is InChI=1S/C19H37NO/c1-18(2,3)17-10-8-16(9-11-17)14-20-15-19(21)12-6-4-5-7-13-19/h16-17,20-21H,4-15H2,1-3H3. The van der Waals surface area contributed by atoms with Crippen LogP contribution in [-0.4, -0.2) is 23.8 Å². The predicted molar refractivity (Wildman–Crippen MR) is 90.4 cm³/mol. The van der Waals surface area contributed by atoms with E-state index in [1.165, 1.54) is 51.4 Å². The number of hydrogen-bond donors (Lipinski definition) is 2. The lowest BCUT2D eigenvalue weighted by Gasteiger charge is -2.37. The second kappa shape index (κ2) is 7.46. The first-order valence-electron chi connectivity index (χ1n) is 9.32. The molecule has 0 heterocycles. The summed E-state index contributed by atoms with van der Waals surface area (Å²) in [5.41, 5.74) is 0.0625. The van der Waals surface area contributed by atoms with Crippen LogP contribution in [0.1, 0.15) is 85.0 Å². The van der Waals surface area contributed by atoms with Crippen LogP contribution in [0.2, 0.25) is 0 Å². The fourth-order valence-corrected chi connectivity index (χ4v) is 4.31. The molecule has 2 N–H and O–H groups in total. The lowest BCUT2D eigenvalue weighted by molar-refractivity contribution is 0.0237. The molecule has 124 valence electrons. The second-order valence-electron chi connectivity index (χ2n) is 8.85. The van der Waals surface area contributed by atoms with Crippen LogP contribution in [-0.2, 0) is 0 Å². The van der Waals surface area contributed by atoms with Crippen molar-refractivity contribution >= 4 is 0 Å². The zero-order valence-corrected chi connectivity index (χ0v) is 14.6.